The summed E-state index contributed by atoms with van der Waals surface area (Å²) in [7, 11) is 0. The number of ether oxygens (including phenoxy) is 1. The maximum absolute atomic E-state index is 13.1. The molecule has 0 bridgehead atoms. The fourth-order valence-electron chi connectivity index (χ4n) is 2.50. The molecule has 1 atom stereocenters. The van der Waals surface area contributed by atoms with E-state index < -0.39 is 12.1 Å². The van der Waals surface area contributed by atoms with E-state index in [0.29, 0.717) is 27.7 Å². The quantitative estimate of drug-likeness (QED) is 0.634. The third-order valence-corrected chi connectivity index (χ3v) is 5.22. The van der Waals surface area contributed by atoms with Gasteiger partial charge in [0.1, 0.15) is 15.7 Å². The van der Waals surface area contributed by atoms with E-state index in [1.165, 1.54) is 19.1 Å². The highest BCUT2D eigenvalue weighted by Gasteiger charge is 2.23. The Labute approximate surface area is 166 Å². The first-order valence-electron chi connectivity index (χ1n) is 8.70. The third kappa shape index (κ3) is 4.80. The molecule has 1 N–H and O–H groups in total. The van der Waals surface area contributed by atoms with Gasteiger partial charge in [0.2, 0.25) is 0 Å². The Hall–Kier alpha value is -3.06. The highest BCUT2D eigenvalue weighted by atomic mass is 32.1. The number of hydrogen-bond acceptors (Lipinski definition) is 5. The van der Waals surface area contributed by atoms with E-state index in [4.69, 9.17) is 4.74 Å². The molecule has 3 rings (SSSR count). The number of nitrogens with zero attached hydrogens (tertiary/aromatic N) is 1. The van der Waals surface area contributed by atoms with Gasteiger partial charge in [0, 0.05) is 12.1 Å². The molecule has 0 aliphatic rings. The molecule has 2 aromatic carbocycles. The normalized spacial score (nSPS) is 11.7. The molecular weight excluding hydrogens is 379 g/mol. The van der Waals surface area contributed by atoms with Crippen LogP contribution in [-0.2, 0) is 16.1 Å². The number of aryl methyl sites for hydroxylation is 1. The van der Waals surface area contributed by atoms with Gasteiger partial charge in [-0.3, -0.25) is 4.79 Å². The van der Waals surface area contributed by atoms with Gasteiger partial charge in [0.25, 0.3) is 5.91 Å². The van der Waals surface area contributed by atoms with Crippen LogP contribution in [0.1, 0.15) is 27.9 Å². The number of halogens is 1. The van der Waals surface area contributed by atoms with Crippen LogP contribution in [0.25, 0.3) is 10.6 Å². The van der Waals surface area contributed by atoms with Gasteiger partial charge in [-0.1, -0.05) is 30.3 Å². The van der Waals surface area contributed by atoms with Crippen LogP contribution in [-0.4, -0.2) is 23.0 Å². The largest absolute Gasteiger partial charge is 0.448 e. The molecule has 0 spiro atoms. The molecule has 3 aromatic rings. The molecule has 0 aliphatic heterocycles. The third-order valence-electron chi connectivity index (χ3n) is 4.04. The molecular formula is C21H19FN2O3S. The number of amides is 1. The summed E-state index contributed by atoms with van der Waals surface area (Å²) in [5, 5.41) is 3.33. The van der Waals surface area contributed by atoms with Gasteiger partial charge in [-0.25, -0.2) is 14.2 Å². The summed E-state index contributed by atoms with van der Waals surface area (Å²) in [5.41, 5.74) is 2.17. The molecule has 1 amide bonds. The molecule has 0 saturated carbocycles. The SMILES string of the molecule is Cc1nc(-c2ccc(F)cc2)sc1C(=O)O[C@@H](C)C(=O)NCc1ccccc1. The van der Waals surface area contributed by atoms with Crippen molar-refractivity contribution in [3.8, 4) is 10.6 Å². The zero-order chi connectivity index (χ0) is 20.1. The number of esters is 1. The second-order valence-corrected chi connectivity index (χ2v) is 7.19. The van der Waals surface area contributed by atoms with Gasteiger partial charge in [-0.15, -0.1) is 11.3 Å². The second kappa shape index (κ2) is 8.75. The average molecular weight is 398 g/mol. The van der Waals surface area contributed by atoms with Crippen molar-refractivity contribution in [3.05, 3.63) is 76.5 Å². The Morgan fingerprint density at radius 1 is 1.14 bits per heavy atom. The highest BCUT2D eigenvalue weighted by Crippen LogP contribution is 2.28. The average Bonchev–Trinajstić information content (AvgIpc) is 3.09. The summed E-state index contributed by atoms with van der Waals surface area (Å²) in [6.07, 6.45) is -0.938. The van der Waals surface area contributed by atoms with Crippen LogP contribution in [0.5, 0.6) is 0 Å². The van der Waals surface area contributed by atoms with Crippen LogP contribution in [0.2, 0.25) is 0 Å². The van der Waals surface area contributed by atoms with Crippen LogP contribution in [0.4, 0.5) is 4.39 Å². The Kier molecular flexibility index (Phi) is 6.16. The van der Waals surface area contributed by atoms with E-state index in [1.807, 2.05) is 30.3 Å². The van der Waals surface area contributed by atoms with Crippen molar-refractivity contribution in [2.24, 2.45) is 0 Å². The van der Waals surface area contributed by atoms with Gasteiger partial charge < -0.3 is 10.1 Å². The number of nitrogens with one attached hydrogen (secondary N) is 1. The number of carbonyl (C=O) groups is 2. The molecule has 5 nitrogen and oxygen atoms in total. The standard InChI is InChI=1S/C21H19FN2O3S/c1-13-18(28-20(24-13)16-8-10-17(22)11-9-16)21(26)27-14(2)19(25)23-12-15-6-4-3-5-7-15/h3-11,14H,12H2,1-2H3,(H,23,25)/t14-/m0/s1. The molecule has 144 valence electrons. The topological polar surface area (TPSA) is 68.3 Å². The molecule has 7 heteroatoms. The summed E-state index contributed by atoms with van der Waals surface area (Å²) in [6.45, 7) is 3.58. The lowest BCUT2D eigenvalue weighted by Gasteiger charge is -2.13. The highest BCUT2D eigenvalue weighted by molar-refractivity contribution is 7.17. The fourth-order valence-corrected chi connectivity index (χ4v) is 3.45. The molecule has 0 unspecified atom stereocenters. The van der Waals surface area contributed by atoms with E-state index in [2.05, 4.69) is 10.3 Å². The van der Waals surface area contributed by atoms with Gasteiger partial charge in [-0.05, 0) is 43.7 Å². The van der Waals surface area contributed by atoms with E-state index >= 15 is 0 Å². The van der Waals surface area contributed by atoms with Gasteiger partial charge in [-0.2, -0.15) is 0 Å². The summed E-state index contributed by atoms with van der Waals surface area (Å²) in [4.78, 5) is 29.3. The summed E-state index contributed by atoms with van der Waals surface area (Å²) < 4.78 is 18.4. The minimum atomic E-state index is -0.938. The number of benzene rings is 2. The maximum Gasteiger partial charge on any atom is 0.351 e. The van der Waals surface area contributed by atoms with Gasteiger partial charge >= 0.3 is 5.97 Å². The summed E-state index contributed by atoms with van der Waals surface area (Å²) >= 11 is 1.15. The first kappa shape index (κ1) is 19.7. The lowest BCUT2D eigenvalue weighted by Crippen LogP contribution is -2.35. The van der Waals surface area contributed by atoms with Gasteiger partial charge in [0.15, 0.2) is 6.10 Å². The second-order valence-electron chi connectivity index (χ2n) is 6.19. The Balaban J connectivity index is 1.62. The zero-order valence-corrected chi connectivity index (χ0v) is 16.3. The molecule has 0 radical (unpaired) electrons. The first-order chi connectivity index (χ1) is 13.4. The predicted molar refractivity (Wildman–Crippen MR) is 105 cm³/mol. The first-order valence-corrected chi connectivity index (χ1v) is 9.51. The Morgan fingerprint density at radius 3 is 2.50 bits per heavy atom. The van der Waals surface area contributed by atoms with Crippen LogP contribution in [0.15, 0.2) is 54.6 Å². The van der Waals surface area contributed by atoms with Crippen molar-refractivity contribution in [1.82, 2.24) is 10.3 Å². The van der Waals surface area contributed by atoms with Crippen molar-refractivity contribution in [1.29, 1.82) is 0 Å². The van der Waals surface area contributed by atoms with E-state index in [-0.39, 0.29) is 11.7 Å². The van der Waals surface area contributed by atoms with Crippen LogP contribution in [0, 0.1) is 12.7 Å². The van der Waals surface area contributed by atoms with E-state index in [0.717, 1.165) is 16.9 Å². The fraction of sp³-hybridized carbons (Fsp3) is 0.190. The smallest absolute Gasteiger partial charge is 0.351 e. The summed E-state index contributed by atoms with van der Waals surface area (Å²) in [5.74, 6) is -1.32. The van der Waals surface area contributed by atoms with E-state index in [1.54, 1.807) is 19.1 Å². The number of thiazole rings is 1. The number of aromatic nitrogens is 1. The monoisotopic (exact) mass is 398 g/mol. The number of rotatable bonds is 6. The van der Waals surface area contributed by atoms with Crippen molar-refractivity contribution >= 4 is 23.2 Å². The molecule has 1 aromatic heterocycles. The lowest BCUT2D eigenvalue weighted by molar-refractivity contribution is -0.129. The van der Waals surface area contributed by atoms with Crippen molar-refractivity contribution in [2.75, 3.05) is 0 Å². The molecule has 28 heavy (non-hydrogen) atoms. The molecule has 0 fully saturated rings. The van der Waals surface area contributed by atoms with Crippen molar-refractivity contribution < 1.29 is 18.7 Å². The molecule has 0 aliphatic carbocycles. The van der Waals surface area contributed by atoms with E-state index in [9.17, 15) is 14.0 Å². The Morgan fingerprint density at radius 2 is 1.82 bits per heavy atom. The van der Waals surface area contributed by atoms with Crippen LogP contribution < -0.4 is 5.32 Å². The minimum absolute atomic E-state index is 0.321. The zero-order valence-electron chi connectivity index (χ0n) is 15.4. The van der Waals surface area contributed by atoms with Crippen LogP contribution in [0.3, 0.4) is 0 Å². The summed E-state index contributed by atoms with van der Waals surface area (Å²) in [6, 6.07) is 15.3. The number of carbonyl (C=O) groups excluding carboxylic acids is 2. The minimum Gasteiger partial charge on any atom is -0.448 e. The maximum atomic E-state index is 13.1. The number of hydrogen-bond donors (Lipinski definition) is 1. The predicted octanol–water partition coefficient (Wildman–Crippen LogP) is 4.12. The van der Waals surface area contributed by atoms with Gasteiger partial charge in [0.05, 0.1) is 5.69 Å². The Bertz CT molecular complexity index is 971. The lowest BCUT2D eigenvalue weighted by atomic mass is 10.2. The van der Waals surface area contributed by atoms with Crippen molar-refractivity contribution in [2.45, 2.75) is 26.5 Å². The molecule has 1 heterocycles. The van der Waals surface area contributed by atoms with Crippen molar-refractivity contribution in [3.63, 3.8) is 0 Å². The van der Waals surface area contributed by atoms with Crippen LogP contribution >= 0.6 is 11.3 Å². The molecule has 0 saturated heterocycles.